The Labute approximate surface area is 121 Å². The molecule has 5 heteroatoms. The molecule has 1 fully saturated rings. The van der Waals surface area contributed by atoms with Crippen LogP contribution in [-0.4, -0.2) is 11.0 Å². The highest BCUT2D eigenvalue weighted by atomic mass is 79.9. The number of rotatable bonds is 4. The number of nitro groups is 1. The summed E-state index contributed by atoms with van der Waals surface area (Å²) in [6, 6.07) is 5.87. The summed E-state index contributed by atoms with van der Waals surface area (Å²) in [4.78, 5) is 10.5. The second-order valence-electron chi connectivity index (χ2n) is 5.39. The Morgan fingerprint density at radius 3 is 2.95 bits per heavy atom. The highest BCUT2D eigenvalue weighted by Crippen LogP contribution is 2.26. The minimum atomic E-state index is -0.351. The molecule has 19 heavy (non-hydrogen) atoms. The third-order valence-electron chi connectivity index (χ3n) is 3.74. The van der Waals surface area contributed by atoms with E-state index in [1.165, 1.54) is 25.7 Å². The van der Waals surface area contributed by atoms with Crippen LogP contribution in [0.25, 0.3) is 0 Å². The van der Waals surface area contributed by atoms with E-state index in [0.29, 0.717) is 17.1 Å². The normalized spacial score (nSPS) is 23.3. The first kappa shape index (κ1) is 14.5. The zero-order valence-corrected chi connectivity index (χ0v) is 12.6. The van der Waals surface area contributed by atoms with Gasteiger partial charge in [0.2, 0.25) is 0 Å². The maximum Gasteiger partial charge on any atom is 0.283 e. The van der Waals surface area contributed by atoms with E-state index in [-0.39, 0.29) is 10.6 Å². The second-order valence-corrected chi connectivity index (χ2v) is 6.25. The molecular weight excluding hydrogens is 308 g/mol. The minimum absolute atomic E-state index is 0.135. The standard InChI is InChI=1S/C14H19BrN2O2/c1-10-3-2-4-12(7-10)16-9-11-5-6-13(15)14(8-11)17(18)19/h5-6,8,10,12,16H,2-4,7,9H2,1H3. The van der Waals surface area contributed by atoms with E-state index >= 15 is 0 Å². The lowest BCUT2D eigenvalue weighted by Gasteiger charge is -2.27. The first-order valence-electron chi connectivity index (χ1n) is 6.72. The van der Waals surface area contributed by atoms with Crippen molar-refractivity contribution in [3.8, 4) is 0 Å². The molecule has 2 rings (SSSR count). The van der Waals surface area contributed by atoms with Crippen LogP contribution in [0, 0.1) is 16.0 Å². The molecule has 0 saturated heterocycles. The van der Waals surface area contributed by atoms with Gasteiger partial charge in [0.1, 0.15) is 0 Å². The number of halogens is 1. The van der Waals surface area contributed by atoms with Crippen LogP contribution in [0.4, 0.5) is 5.69 Å². The predicted molar refractivity (Wildman–Crippen MR) is 79.1 cm³/mol. The number of hydrogen-bond donors (Lipinski definition) is 1. The van der Waals surface area contributed by atoms with Crippen LogP contribution in [0.2, 0.25) is 0 Å². The summed E-state index contributed by atoms with van der Waals surface area (Å²) < 4.78 is 0.535. The summed E-state index contributed by atoms with van der Waals surface area (Å²) in [5.41, 5.74) is 1.10. The number of hydrogen-bond acceptors (Lipinski definition) is 3. The zero-order valence-electron chi connectivity index (χ0n) is 11.1. The fraction of sp³-hybridized carbons (Fsp3) is 0.571. The highest BCUT2D eigenvalue weighted by Gasteiger charge is 2.18. The van der Waals surface area contributed by atoms with Gasteiger partial charge in [-0.15, -0.1) is 0 Å². The van der Waals surface area contributed by atoms with Gasteiger partial charge in [0.05, 0.1) is 9.40 Å². The van der Waals surface area contributed by atoms with Crippen molar-refractivity contribution in [2.45, 2.75) is 45.2 Å². The van der Waals surface area contributed by atoms with Crippen LogP contribution in [0.5, 0.6) is 0 Å². The Kier molecular flexibility index (Phi) is 4.93. The Morgan fingerprint density at radius 2 is 2.26 bits per heavy atom. The van der Waals surface area contributed by atoms with Gasteiger partial charge in [-0.25, -0.2) is 0 Å². The van der Waals surface area contributed by atoms with Gasteiger partial charge in [0, 0.05) is 18.7 Å². The van der Waals surface area contributed by atoms with Crippen LogP contribution in [0.1, 0.15) is 38.2 Å². The molecule has 1 aromatic rings. The van der Waals surface area contributed by atoms with Crippen molar-refractivity contribution >= 4 is 21.6 Å². The van der Waals surface area contributed by atoms with Gasteiger partial charge in [0.15, 0.2) is 0 Å². The van der Waals surface area contributed by atoms with Crippen molar-refractivity contribution in [2.75, 3.05) is 0 Å². The molecule has 104 valence electrons. The smallest absolute Gasteiger partial charge is 0.283 e. The average Bonchev–Trinajstić information content (AvgIpc) is 2.37. The van der Waals surface area contributed by atoms with Crippen molar-refractivity contribution in [3.05, 3.63) is 38.3 Å². The first-order chi connectivity index (χ1) is 9.06. The summed E-state index contributed by atoms with van der Waals surface area (Å²) >= 11 is 3.20. The number of nitro benzene ring substituents is 1. The monoisotopic (exact) mass is 326 g/mol. The van der Waals surface area contributed by atoms with Gasteiger partial charge in [-0.05, 0) is 46.3 Å². The fourth-order valence-electron chi connectivity index (χ4n) is 2.69. The van der Waals surface area contributed by atoms with Crippen molar-refractivity contribution in [2.24, 2.45) is 5.92 Å². The number of benzene rings is 1. The molecule has 1 saturated carbocycles. The molecule has 2 atom stereocenters. The Hall–Kier alpha value is -0.940. The summed E-state index contributed by atoms with van der Waals surface area (Å²) in [5, 5.41) is 14.4. The van der Waals surface area contributed by atoms with Crippen molar-refractivity contribution in [1.29, 1.82) is 0 Å². The summed E-state index contributed by atoms with van der Waals surface area (Å²) in [5.74, 6) is 0.783. The number of nitrogens with zero attached hydrogens (tertiary/aromatic N) is 1. The fourth-order valence-corrected chi connectivity index (χ4v) is 3.08. The zero-order chi connectivity index (χ0) is 13.8. The molecular formula is C14H19BrN2O2. The Balaban J connectivity index is 1.96. The van der Waals surface area contributed by atoms with Crippen LogP contribution in [0.15, 0.2) is 22.7 Å². The summed E-state index contributed by atoms with van der Waals surface area (Å²) in [6.07, 6.45) is 5.02. The topological polar surface area (TPSA) is 55.2 Å². The molecule has 1 aliphatic carbocycles. The van der Waals surface area contributed by atoms with Gasteiger partial charge >= 0.3 is 0 Å². The third kappa shape index (κ3) is 4.01. The molecule has 0 heterocycles. The summed E-state index contributed by atoms with van der Waals surface area (Å²) in [6.45, 7) is 2.99. The molecule has 2 unspecified atom stereocenters. The maximum atomic E-state index is 10.9. The SMILES string of the molecule is CC1CCCC(NCc2ccc(Br)c([N+](=O)[O-])c2)C1. The molecule has 0 spiro atoms. The van der Waals surface area contributed by atoms with Gasteiger partial charge in [-0.1, -0.05) is 25.8 Å². The predicted octanol–water partition coefficient (Wildman–Crippen LogP) is 4.03. The van der Waals surface area contributed by atoms with Gasteiger partial charge in [0.25, 0.3) is 5.69 Å². The van der Waals surface area contributed by atoms with Crippen LogP contribution >= 0.6 is 15.9 Å². The van der Waals surface area contributed by atoms with E-state index in [2.05, 4.69) is 28.2 Å². The molecule has 1 aromatic carbocycles. The quantitative estimate of drug-likeness (QED) is 0.671. The molecule has 0 radical (unpaired) electrons. The molecule has 0 aliphatic heterocycles. The lowest BCUT2D eigenvalue weighted by molar-refractivity contribution is -0.385. The van der Waals surface area contributed by atoms with Crippen LogP contribution in [-0.2, 0) is 6.54 Å². The maximum absolute atomic E-state index is 10.9. The Morgan fingerprint density at radius 1 is 1.47 bits per heavy atom. The molecule has 1 N–H and O–H groups in total. The highest BCUT2D eigenvalue weighted by molar-refractivity contribution is 9.10. The third-order valence-corrected chi connectivity index (χ3v) is 4.41. The van der Waals surface area contributed by atoms with Gasteiger partial charge in [-0.2, -0.15) is 0 Å². The van der Waals surface area contributed by atoms with E-state index in [0.717, 1.165) is 11.5 Å². The van der Waals surface area contributed by atoms with Gasteiger partial charge in [-0.3, -0.25) is 10.1 Å². The lowest BCUT2D eigenvalue weighted by atomic mass is 9.87. The molecule has 0 amide bonds. The second kappa shape index (κ2) is 6.48. The largest absolute Gasteiger partial charge is 0.310 e. The first-order valence-corrected chi connectivity index (χ1v) is 7.51. The average molecular weight is 327 g/mol. The lowest BCUT2D eigenvalue weighted by Crippen LogP contribution is -2.33. The molecule has 1 aliphatic rings. The molecule has 4 nitrogen and oxygen atoms in total. The van der Waals surface area contributed by atoms with Crippen molar-refractivity contribution < 1.29 is 4.92 Å². The Bertz CT molecular complexity index is 465. The minimum Gasteiger partial charge on any atom is -0.310 e. The van der Waals surface area contributed by atoms with E-state index < -0.39 is 0 Å². The van der Waals surface area contributed by atoms with E-state index in [1.54, 1.807) is 12.1 Å². The summed E-state index contributed by atoms with van der Waals surface area (Å²) in [7, 11) is 0. The van der Waals surface area contributed by atoms with Crippen LogP contribution in [0.3, 0.4) is 0 Å². The number of nitrogens with one attached hydrogen (secondary N) is 1. The van der Waals surface area contributed by atoms with E-state index in [9.17, 15) is 10.1 Å². The molecule has 0 aromatic heterocycles. The van der Waals surface area contributed by atoms with E-state index in [1.807, 2.05) is 6.07 Å². The van der Waals surface area contributed by atoms with E-state index in [4.69, 9.17) is 0 Å². The van der Waals surface area contributed by atoms with Crippen LogP contribution < -0.4 is 5.32 Å². The van der Waals surface area contributed by atoms with Crippen molar-refractivity contribution in [1.82, 2.24) is 5.32 Å². The molecule has 0 bridgehead atoms. The van der Waals surface area contributed by atoms with Gasteiger partial charge < -0.3 is 5.32 Å². The van der Waals surface area contributed by atoms with Crippen molar-refractivity contribution in [3.63, 3.8) is 0 Å².